The number of nitrogens with zero attached hydrogens (tertiary/aromatic N) is 1. The highest BCUT2D eigenvalue weighted by Crippen LogP contribution is 2.13. The summed E-state index contributed by atoms with van der Waals surface area (Å²) in [5, 5.41) is 3.59. The summed E-state index contributed by atoms with van der Waals surface area (Å²) >= 11 is 3.42. The van der Waals surface area contributed by atoms with Crippen LogP contribution in [0.2, 0.25) is 0 Å². The van der Waals surface area contributed by atoms with Crippen molar-refractivity contribution < 1.29 is 4.74 Å². The molecule has 0 aliphatic heterocycles. The largest absolute Gasteiger partial charge is 0.380 e. The van der Waals surface area contributed by atoms with Crippen LogP contribution in [-0.4, -0.2) is 30.8 Å². The number of hydrogen-bond acceptors (Lipinski definition) is 3. The van der Waals surface area contributed by atoms with Crippen LogP contribution in [-0.2, 0) is 11.2 Å². The second kappa shape index (κ2) is 9.45. The second-order valence-electron chi connectivity index (χ2n) is 4.80. The Morgan fingerprint density at radius 3 is 2.63 bits per heavy atom. The van der Waals surface area contributed by atoms with Crippen LogP contribution >= 0.6 is 15.9 Å². The lowest BCUT2D eigenvalue weighted by atomic mass is 10.0. The van der Waals surface area contributed by atoms with Crippen molar-refractivity contribution in [3.63, 3.8) is 0 Å². The van der Waals surface area contributed by atoms with Crippen molar-refractivity contribution in [2.45, 2.75) is 51.7 Å². The maximum absolute atomic E-state index is 5.65. The van der Waals surface area contributed by atoms with E-state index in [0.717, 1.165) is 42.4 Å². The third kappa shape index (κ3) is 6.02. The minimum Gasteiger partial charge on any atom is -0.380 e. The number of pyridine rings is 1. The Morgan fingerprint density at radius 2 is 2.11 bits per heavy atom. The number of nitrogens with one attached hydrogen (secondary N) is 1. The predicted octanol–water partition coefficient (Wildman–Crippen LogP) is 3.57. The van der Waals surface area contributed by atoms with Gasteiger partial charge in [0.25, 0.3) is 0 Å². The van der Waals surface area contributed by atoms with Crippen molar-refractivity contribution in [3.8, 4) is 0 Å². The Labute approximate surface area is 125 Å². The molecule has 0 fully saturated rings. The third-order valence-corrected chi connectivity index (χ3v) is 3.67. The second-order valence-corrected chi connectivity index (χ2v) is 5.71. The Kier molecular flexibility index (Phi) is 8.26. The highest BCUT2D eigenvalue weighted by atomic mass is 79.9. The van der Waals surface area contributed by atoms with Gasteiger partial charge in [0.05, 0.1) is 6.10 Å². The van der Waals surface area contributed by atoms with E-state index in [2.05, 4.69) is 46.1 Å². The molecular weight excluding hydrogens is 304 g/mol. The topological polar surface area (TPSA) is 34.2 Å². The summed E-state index contributed by atoms with van der Waals surface area (Å²) < 4.78 is 6.67. The maximum atomic E-state index is 5.65. The SMILES string of the molecule is CCCNC(Cc1ccc(Br)cn1)C(CCC)OC. The van der Waals surface area contributed by atoms with Gasteiger partial charge in [-0.25, -0.2) is 0 Å². The van der Waals surface area contributed by atoms with E-state index in [1.54, 1.807) is 7.11 Å². The molecule has 0 aliphatic carbocycles. The molecule has 0 amide bonds. The van der Waals surface area contributed by atoms with Gasteiger partial charge in [0.15, 0.2) is 0 Å². The summed E-state index contributed by atoms with van der Waals surface area (Å²) in [6.07, 6.45) is 6.36. The summed E-state index contributed by atoms with van der Waals surface area (Å²) in [6, 6.07) is 4.45. The minimum atomic E-state index is 0.252. The Morgan fingerprint density at radius 1 is 1.32 bits per heavy atom. The Balaban J connectivity index is 2.69. The third-order valence-electron chi connectivity index (χ3n) is 3.20. The highest BCUT2D eigenvalue weighted by Gasteiger charge is 2.20. The van der Waals surface area contributed by atoms with Crippen LogP contribution in [0.15, 0.2) is 22.8 Å². The summed E-state index contributed by atoms with van der Waals surface area (Å²) in [5.41, 5.74) is 1.11. The number of hydrogen-bond donors (Lipinski definition) is 1. The van der Waals surface area contributed by atoms with Crippen LogP contribution in [0.1, 0.15) is 38.8 Å². The lowest BCUT2D eigenvalue weighted by Crippen LogP contribution is -2.43. The molecule has 0 spiro atoms. The fourth-order valence-electron chi connectivity index (χ4n) is 2.19. The zero-order chi connectivity index (χ0) is 14.1. The normalized spacial score (nSPS) is 14.3. The summed E-state index contributed by atoms with van der Waals surface area (Å²) in [5.74, 6) is 0. The van der Waals surface area contributed by atoms with Gasteiger partial charge in [0.2, 0.25) is 0 Å². The van der Waals surface area contributed by atoms with Crippen molar-refractivity contribution in [1.82, 2.24) is 10.3 Å². The molecule has 0 bridgehead atoms. The van der Waals surface area contributed by atoms with Gasteiger partial charge in [-0.15, -0.1) is 0 Å². The molecule has 1 N–H and O–H groups in total. The van der Waals surface area contributed by atoms with E-state index in [0.29, 0.717) is 6.04 Å². The molecule has 0 saturated heterocycles. The molecule has 0 aromatic carbocycles. The van der Waals surface area contributed by atoms with Gasteiger partial charge >= 0.3 is 0 Å². The van der Waals surface area contributed by atoms with Crippen molar-refractivity contribution in [3.05, 3.63) is 28.5 Å². The van der Waals surface area contributed by atoms with E-state index in [1.807, 2.05) is 12.3 Å². The summed E-state index contributed by atoms with van der Waals surface area (Å²) in [7, 11) is 1.80. The molecule has 3 nitrogen and oxygen atoms in total. The molecule has 0 radical (unpaired) electrons. The van der Waals surface area contributed by atoms with Crippen LogP contribution in [0.5, 0.6) is 0 Å². The molecule has 0 aliphatic rings. The van der Waals surface area contributed by atoms with Crippen LogP contribution < -0.4 is 5.32 Å². The smallest absolute Gasteiger partial charge is 0.0728 e. The number of ether oxygens (including phenoxy) is 1. The average Bonchev–Trinajstić information content (AvgIpc) is 2.43. The van der Waals surface area contributed by atoms with Crippen LogP contribution in [0.4, 0.5) is 0 Å². The fourth-order valence-corrected chi connectivity index (χ4v) is 2.42. The van der Waals surface area contributed by atoms with Crippen LogP contribution in [0.3, 0.4) is 0 Å². The van der Waals surface area contributed by atoms with Gasteiger partial charge in [0.1, 0.15) is 0 Å². The van der Waals surface area contributed by atoms with Crippen LogP contribution in [0, 0.1) is 0 Å². The number of methoxy groups -OCH3 is 1. The van der Waals surface area contributed by atoms with E-state index in [-0.39, 0.29) is 6.10 Å². The molecule has 1 aromatic heterocycles. The molecule has 1 rings (SSSR count). The van der Waals surface area contributed by atoms with Gasteiger partial charge in [-0.2, -0.15) is 0 Å². The van der Waals surface area contributed by atoms with Crippen molar-refractivity contribution in [2.75, 3.05) is 13.7 Å². The first-order chi connectivity index (χ1) is 9.21. The van der Waals surface area contributed by atoms with Gasteiger partial charge in [-0.1, -0.05) is 20.3 Å². The van der Waals surface area contributed by atoms with Gasteiger partial charge in [-0.05, 0) is 47.4 Å². The first-order valence-corrected chi connectivity index (χ1v) is 7.87. The van der Waals surface area contributed by atoms with Crippen molar-refractivity contribution in [1.29, 1.82) is 0 Å². The average molecular weight is 329 g/mol. The zero-order valence-electron chi connectivity index (χ0n) is 12.2. The predicted molar refractivity (Wildman–Crippen MR) is 83.4 cm³/mol. The maximum Gasteiger partial charge on any atom is 0.0728 e. The molecule has 2 atom stereocenters. The molecular formula is C15H25BrN2O. The number of halogens is 1. The fraction of sp³-hybridized carbons (Fsp3) is 0.667. The van der Waals surface area contributed by atoms with E-state index in [1.165, 1.54) is 0 Å². The lowest BCUT2D eigenvalue weighted by molar-refractivity contribution is 0.0606. The molecule has 4 heteroatoms. The lowest BCUT2D eigenvalue weighted by Gasteiger charge is -2.26. The molecule has 1 aromatic rings. The van der Waals surface area contributed by atoms with E-state index < -0.39 is 0 Å². The standard InChI is InChI=1S/C15H25BrN2O/c1-4-6-15(19-3)14(17-9-5-2)10-13-8-7-12(16)11-18-13/h7-8,11,14-15,17H,4-6,9-10H2,1-3H3. The van der Waals surface area contributed by atoms with E-state index >= 15 is 0 Å². The monoisotopic (exact) mass is 328 g/mol. The first-order valence-electron chi connectivity index (χ1n) is 7.07. The molecule has 2 unspecified atom stereocenters. The van der Waals surface area contributed by atoms with Crippen LogP contribution in [0.25, 0.3) is 0 Å². The molecule has 19 heavy (non-hydrogen) atoms. The number of rotatable bonds is 9. The number of aromatic nitrogens is 1. The van der Waals surface area contributed by atoms with E-state index in [4.69, 9.17) is 4.74 Å². The molecule has 108 valence electrons. The zero-order valence-corrected chi connectivity index (χ0v) is 13.7. The van der Waals surface area contributed by atoms with Crippen molar-refractivity contribution in [2.24, 2.45) is 0 Å². The molecule has 1 heterocycles. The first kappa shape index (κ1) is 16.6. The summed E-state index contributed by atoms with van der Waals surface area (Å²) in [6.45, 7) is 5.40. The van der Waals surface area contributed by atoms with Crippen molar-refractivity contribution >= 4 is 15.9 Å². The quantitative estimate of drug-likeness (QED) is 0.752. The van der Waals surface area contributed by atoms with E-state index in [9.17, 15) is 0 Å². The van der Waals surface area contributed by atoms with Gasteiger partial charge in [0, 0.05) is 35.9 Å². The Bertz CT molecular complexity index is 343. The highest BCUT2D eigenvalue weighted by molar-refractivity contribution is 9.10. The van der Waals surface area contributed by atoms with Gasteiger partial charge in [-0.3, -0.25) is 4.98 Å². The molecule has 0 saturated carbocycles. The van der Waals surface area contributed by atoms with Gasteiger partial charge < -0.3 is 10.1 Å². The summed E-state index contributed by atoms with van der Waals surface area (Å²) in [4.78, 5) is 4.46. The Hall–Kier alpha value is -0.450. The minimum absolute atomic E-state index is 0.252.